The lowest BCUT2D eigenvalue weighted by molar-refractivity contribution is -0.122. The molecule has 0 heterocycles. The Kier molecular flexibility index (Phi) is 21.9. The number of hydrogen-bond acceptors (Lipinski definition) is 4. The van der Waals surface area contributed by atoms with E-state index < -0.39 is 0 Å². The number of hydrogen-bond donors (Lipinski definition) is 4. The highest BCUT2D eigenvalue weighted by Gasteiger charge is 2.18. The molecule has 0 fully saturated rings. The standard InChI is InChI=1S/C33H68N4O2/c1-8-26(2)23-30(16-14-28(4)19-22-37-32(39)17-20-33(6,7)25-35)15-13-27(3)18-21-36-31(38)12-10-9-11-29(5)24-34/h26-30H,8-25,34-35H2,1-7H3,(H,36,38)(H,37,39). The number of nitrogens with one attached hydrogen (secondary N) is 2. The molecule has 2 amide bonds. The number of rotatable bonds is 25. The molecule has 0 radical (unpaired) electrons. The van der Waals surface area contributed by atoms with Gasteiger partial charge in [-0.05, 0) is 86.6 Å². The Hall–Kier alpha value is -1.14. The fourth-order valence-electron chi connectivity index (χ4n) is 4.99. The monoisotopic (exact) mass is 553 g/mol. The molecule has 0 aromatic rings. The lowest BCUT2D eigenvalue weighted by Crippen LogP contribution is -2.29. The minimum atomic E-state index is 0.0318. The van der Waals surface area contributed by atoms with Crippen molar-refractivity contribution in [1.82, 2.24) is 10.6 Å². The van der Waals surface area contributed by atoms with Gasteiger partial charge in [0.15, 0.2) is 0 Å². The Bertz CT molecular complexity index is 625. The lowest BCUT2D eigenvalue weighted by atomic mass is 9.83. The molecule has 6 N–H and O–H groups in total. The summed E-state index contributed by atoms with van der Waals surface area (Å²) in [7, 11) is 0. The molecule has 0 aromatic heterocycles. The first-order valence-corrected chi connectivity index (χ1v) is 16.4. The third-order valence-electron chi connectivity index (χ3n) is 8.82. The molecule has 0 rings (SSSR count). The molecule has 0 aliphatic heterocycles. The first-order chi connectivity index (χ1) is 18.4. The average Bonchev–Trinajstić information content (AvgIpc) is 2.91. The second-order valence-electron chi connectivity index (χ2n) is 13.7. The van der Waals surface area contributed by atoms with E-state index >= 15 is 0 Å². The van der Waals surface area contributed by atoms with Crippen LogP contribution in [0.4, 0.5) is 0 Å². The number of nitrogens with two attached hydrogens (primary N) is 2. The van der Waals surface area contributed by atoms with Crippen molar-refractivity contribution in [3.63, 3.8) is 0 Å². The number of unbranched alkanes of at least 4 members (excludes halogenated alkanes) is 1. The molecule has 5 atom stereocenters. The van der Waals surface area contributed by atoms with Gasteiger partial charge < -0.3 is 22.1 Å². The molecule has 0 aliphatic carbocycles. The quantitative estimate of drug-likeness (QED) is 0.0933. The molecular formula is C33H68N4O2. The van der Waals surface area contributed by atoms with Crippen LogP contribution in [-0.2, 0) is 9.59 Å². The van der Waals surface area contributed by atoms with Gasteiger partial charge in [-0.1, -0.05) is 87.0 Å². The van der Waals surface area contributed by atoms with Crippen LogP contribution in [0.1, 0.15) is 138 Å². The highest BCUT2D eigenvalue weighted by atomic mass is 16.2. The second kappa shape index (κ2) is 22.5. The Morgan fingerprint density at radius 2 is 1.23 bits per heavy atom. The Balaban J connectivity index is 4.25. The topological polar surface area (TPSA) is 110 Å². The molecule has 0 aliphatic rings. The Labute approximate surface area is 243 Å². The summed E-state index contributed by atoms with van der Waals surface area (Å²) in [6, 6.07) is 0. The van der Waals surface area contributed by atoms with Crippen molar-refractivity contribution >= 4 is 11.8 Å². The zero-order valence-corrected chi connectivity index (χ0v) is 27.1. The summed E-state index contributed by atoms with van der Waals surface area (Å²) in [5.41, 5.74) is 11.5. The van der Waals surface area contributed by atoms with Gasteiger partial charge >= 0.3 is 0 Å². The zero-order valence-electron chi connectivity index (χ0n) is 27.1. The fraction of sp³-hybridized carbons (Fsp3) is 0.939. The normalized spacial score (nSPS) is 15.8. The van der Waals surface area contributed by atoms with E-state index in [9.17, 15) is 9.59 Å². The van der Waals surface area contributed by atoms with Crippen molar-refractivity contribution in [2.45, 2.75) is 138 Å². The van der Waals surface area contributed by atoms with Gasteiger partial charge in [0.25, 0.3) is 0 Å². The predicted molar refractivity (Wildman–Crippen MR) is 168 cm³/mol. The Morgan fingerprint density at radius 3 is 1.72 bits per heavy atom. The van der Waals surface area contributed by atoms with Crippen LogP contribution < -0.4 is 22.1 Å². The molecule has 0 saturated heterocycles. The molecule has 0 bridgehead atoms. The largest absolute Gasteiger partial charge is 0.356 e. The van der Waals surface area contributed by atoms with Crippen molar-refractivity contribution in [1.29, 1.82) is 0 Å². The number of carbonyl (C=O) groups is 2. The van der Waals surface area contributed by atoms with Crippen LogP contribution in [0, 0.1) is 35.0 Å². The van der Waals surface area contributed by atoms with E-state index in [0.29, 0.717) is 37.1 Å². The van der Waals surface area contributed by atoms with Crippen LogP contribution in [0.3, 0.4) is 0 Å². The van der Waals surface area contributed by atoms with Crippen LogP contribution in [0.25, 0.3) is 0 Å². The van der Waals surface area contributed by atoms with Crippen molar-refractivity contribution in [3.05, 3.63) is 0 Å². The number of amides is 2. The summed E-state index contributed by atoms with van der Waals surface area (Å²) in [4.78, 5) is 24.3. The van der Waals surface area contributed by atoms with Gasteiger partial charge in [0.2, 0.25) is 11.8 Å². The summed E-state index contributed by atoms with van der Waals surface area (Å²) in [5.74, 6) is 3.69. The molecule has 6 nitrogen and oxygen atoms in total. The van der Waals surface area contributed by atoms with Crippen LogP contribution in [0.15, 0.2) is 0 Å². The van der Waals surface area contributed by atoms with E-state index in [1.807, 2.05) is 0 Å². The van der Waals surface area contributed by atoms with Gasteiger partial charge in [-0.3, -0.25) is 9.59 Å². The summed E-state index contributed by atoms with van der Waals surface area (Å²) >= 11 is 0. The number of carbonyl (C=O) groups excluding carboxylic acids is 2. The summed E-state index contributed by atoms with van der Waals surface area (Å²) in [6.07, 6.45) is 14.9. The smallest absolute Gasteiger partial charge is 0.220 e. The molecule has 0 aromatic carbocycles. The van der Waals surface area contributed by atoms with Crippen molar-refractivity contribution in [3.8, 4) is 0 Å². The molecule has 6 heteroatoms. The predicted octanol–water partition coefficient (Wildman–Crippen LogP) is 6.80. The van der Waals surface area contributed by atoms with Gasteiger partial charge in [0.05, 0.1) is 0 Å². The molecule has 0 spiro atoms. The first-order valence-electron chi connectivity index (χ1n) is 16.4. The van der Waals surface area contributed by atoms with Crippen LogP contribution in [0.5, 0.6) is 0 Å². The highest BCUT2D eigenvalue weighted by Crippen LogP contribution is 2.28. The van der Waals surface area contributed by atoms with Gasteiger partial charge in [-0.25, -0.2) is 0 Å². The third kappa shape index (κ3) is 22.3. The summed E-state index contributed by atoms with van der Waals surface area (Å²) < 4.78 is 0. The van der Waals surface area contributed by atoms with Crippen molar-refractivity contribution in [2.75, 3.05) is 26.2 Å². The molecular weight excluding hydrogens is 484 g/mol. The SMILES string of the molecule is CCC(C)CC(CCC(C)CCNC(=O)CCCCC(C)CN)CCC(C)CCNC(=O)CCC(C)(C)CN. The van der Waals surface area contributed by atoms with E-state index in [1.165, 1.54) is 38.5 Å². The van der Waals surface area contributed by atoms with E-state index in [1.54, 1.807) is 0 Å². The Morgan fingerprint density at radius 1 is 0.692 bits per heavy atom. The van der Waals surface area contributed by atoms with Gasteiger partial charge in [0.1, 0.15) is 0 Å². The van der Waals surface area contributed by atoms with E-state index in [2.05, 4.69) is 59.1 Å². The molecule has 5 unspecified atom stereocenters. The van der Waals surface area contributed by atoms with Crippen LogP contribution in [0.2, 0.25) is 0 Å². The zero-order chi connectivity index (χ0) is 29.7. The minimum absolute atomic E-state index is 0.0318. The van der Waals surface area contributed by atoms with E-state index in [-0.39, 0.29) is 17.2 Å². The van der Waals surface area contributed by atoms with Crippen molar-refractivity contribution in [2.24, 2.45) is 46.5 Å². The average molecular weight is 553 g/mol. The summed E-state index contributed by atoms with van der Waals surface area (Å²) in [6.45, 7) is 18.7. The van der Waals surface area contributed by atoms with Gasteiger partial charge in [-0.2, -0.15) is 0 Å². The maximum absolute atomic E-state index is 12.2. The first kappa shape index (κ1) is 37.9. The molecule has 39 heavy (non-hydrogen) atoms. The fourth-order valence-corrected chi connectivity index (χ4v) is 4.99. The van der Waals surface area contributed by atoms with Gasteiger partial charge in [0, 0.05) is 25.9 Å². The summed E-state index contributed by atoms with van der Waals surface area (Å²) in [5, 5.41) is 6.24. The maximum Gasteiger partial charge on any atom is 0.220 e. The molecule has 0 saturated carbocycles. The maximum atomic E-state index is 12.2. The van der Waals surface area contributed by atoms with Crippen LogP contribution >= 0.6 is 0 Å². The minimum Gasteiger partial charge on any atom is -0.356 e. The highest BCUT2D eigenvalue weighted by molar-refractivity contribution is 5.76. The van der Waals surface area contributed by atoms with E-state index in [4.69, 9.17) is 11.5 Å². The van der Waals surface area contributed by atoms with Crippen LogP contribution in [-0.4, -0.2) is 38.0 Å². The van der Waals surface area contributed by atoms with E-state index in [0.717, 1.165) is 70.0 Å². The second-order valence-corrected chi connectivity index (χ2v) is 13.7. The van der Waals surface area contributed by atoms with Crippen molar-refractivity contribution < 1.29 is 9.59 Å². The van der Waals surface area contributed by atoms with Gasteiger partial charge in [-0.15, -0.1) is 0 Å². The lowest BCUT2D eigenvalue weighted by Gasteiger charge is -2.24. The molecule has 232 valence electrons. The third-order valence-corrected chi connectivity index (χ3v) is 8.82.